The molecule has 1 aromatic rings. The smallest absolute Gasteiger partial charge is 0.321 e. The van der Waals surface area contributed by atoms with Gasteiger partial charge in [0, 0.05) is 18.2 Å². The Morgan fingerprint density at radius 3 is 3.00 bits per heavy atom. The maximum absolute atomic E-state index is 11.8. The van der Waals surface area contributed by atoms with Crippen LogP contribution in [0.4, 0.5) is 4.79 Å². The Hall–Kier alpha value is -2.28. The number of urea groups is 1. The molecular formula is C14H18N2O5. The van der Waals surface area contributed by atoms with E-state index in [0.717, 1.165) is 0 Å². The van der Waals surface area contributed by atoms with Gasteiger partial charge in [0.1, 0.15) is 24.2 Å². The fourth-order valence-corrected chi connectivity index (χ4v) is 1.92. The molecule has 0 aromatic heterocycles. The molecule has 0 saturated heterocycles. The SMILES string of the molecule is CCNC(=O)NC(=O)C(C)Oc1ccc2c(c1)OCC2O. The predicted molar refractivity (Wildman–Crippen MR) is 74.2 cm³/mol. The minimum absolute atomic E-state index is 0.214. The first-order valence-corrected chi connectivity index (χ1v) is 6.71. The van der Waals surface area contributed by atoms with E-state index >= 15 is 0 Å². The summed E-state index contributed by atoms with van der Waals surface area (Å²) in [6, 6.07) is 4.39. The van der Waals surface area contributed by atoms with Crippen molar-refractivity contribution in [3.05, 3.63) is 23.8 Å². The first-order chi connectivity index (χ1) is 10.0. The molecule has 1 aromatic carbocycles. The molecule has 0 bridgehead atoms. The largest absolute Gasteiger partial charge is 0.490 e. The van der Waals surface area contributed by atoms with Crippen LogP contribution in [0, 0.1) is 0 Å². The van der Waals surface area contributed by atoms with Crippen molar-refractivity contribution in [1.29, 1.82) is 0 Å². The number of ether oxygens (including phenoxy) is 2. The van der Waals surface area contributed by atoms with E-state index in [4.69, 9.17) is 9.47 Å². The number of fused-ring (bicyclic) bond motifs is 1. The molecule has 21 heavy (non-hydrogen) atoms. The third-order valence-corrected chi connectivity index (χ3v) is 3.00. The number of hydrogen-bond donors (Lipinski definition) is 3. The lowest BCUT2D eigenvalue weighted by Gasteiger charge is -2.14. The van der Waals surface area contributed by atoms with Gasteiger partial charge in [-0.25, -0.2) is 4.79 Å². The zero-order chi connectivity index (χ0) is 15.4. The van der Waals surface area contributed by atoms with Crippen molar-refractivity contribution in [2.24, 2.45) is 0 Å². The van der Waals surface area contributed by atoms with Crippen molar-refractivity contribution in [3.63, 3.8) is 0 Å². The maximum Gasteiger partial charge on any atom is 0.321 e. The normalized spacial score (nSPS) is 17.4. The second-order valence-corrected chi connectivity index (χ2v) is 4.64. The quantitative estimate of drug-likeness (QED) is 0.760. The zero-order valence-corrected chi connectivity index (χ0v) is 11.9. The summed E-state index contributed by atoms with van der Waals surface area (Å²) < 4.78 is 10.8. The van der Waals surface area contributed by atoms with E-state index in [1.54, 1.807) is 25.1 Å². The number of rotatable bonds is 4. The molecule has 7 nitrogen and oxygen atoms in total. The average molecular weight is 294 g/mol. The van der Waals surface area contributed by atoms with Gasteiger partial charge in [0.15, 0.2) is 6.10 Å². The van der Waals surface area contributed by atoms with Gasteiger partial charge in [0.05, 0.1) is 0 Å². The van der Waals surface area contributed by atoms with Gasteiger partial charge in [-0.15, -0.1) is 0 Å². The highest BCUT2D eigenvalue weighted by Crippen LogP contribution is 2.35. The van der Waals surface area contributed by atoms with E-state index in [0.29, 0.717) is 23.6 Å². The molecule has 114 valence electrons. The summed E-state index contributed by atoms with van der Waals surface area (Å²) in [5, 5.41) is 14.3. The van der Waals surface area contributed by atoms with Crippen molar-refractivity contribution in [3.8, 4) is 11.5 Å². The van der Waals surface area contributed by atoms with Crippen molar-refractivity contribution >= 4 is 11.9 Å². The Balaban J connectivity index is 1.95. The van der Waals surface area contributed by atoms with Gasteiger partial charge >= 0.3 is 6.03 Å². The fourth-order valence-electron chi connectivity index (χ4n) is 1.92. The van der Waals surface area contributed by atoms with Crippen LogP contribution in [-0.2, 0) is 4.79 Å². The highest BCUT2D eigenvalue weighted by molar-refractivity contribution is 5.96. The fraction of sp³-hybridized carbons (Fsp3) is 0.429. The molecule has 0 radical (unpaired) electrons. The molecule has 0 spiro atoms. The third-order valence-electron chi connectivity index (χ3n) is 3.00. The van der Waals surface area contributed by atoms with E-state index in [-0.39, 0.29) is 6.61 Å². The molecule has 2 atom stereocenters. The second-order valence-electron chi connectivity index (χ2n) is 4.64. The van der Waals surface area contributed by atoms with E-state index in [1.165, 1.54) is 6.92 Å². The number of benzene rings is 1. The summed E-state index contributed by atoms with van der Waals surface area (Å²) in [5.74, 6) is 0.431. The van der Waals surface area contributed by atoms with Gasteiger partial charge in [-0.2, -0.15) is 0 Å². The van der Waals surface area contributed by atoms with Crippen LogP contribution in [0.5, 0.6) is 11.5 Å². The second kappa shape index (κ2) is 6.45. The van der Waals surface area contributed by atoms with Crippen LogP contribution in [0.1, 0.15) is 25.5 Å². The van der Waals surface area contributed by atoms with Crippen LogP contribution < -0.4 is 20.1 Å². The van der Waals surface area contributed by atoms with Gasteiger partial charge in [-0.05, 0) is 26.0 Å². The van der Waals surface area contributed by atoms with Crippen LogP contribution in [0.3, 0.4) is 0 Å². The van der Waals surface area contributed by atoms with E-state index in [1.807, 2.05) is 0 Å². The molecule has 7 heteroatoms. The number of hydrogen-bond acceptors (Lipinski definition) is 5. The summed E-state index contributed by atoms with van der Waals surface area (Å²) in [7, 11) is 0. The molecule has 2 rings (SSSR count). The highest BCUT2D eigenvalue weighted by atomic mass is 16.5. The lowest BCUT2D eigenvalue weighted by Crippen LogP contribution is -2.45. The molecule has 0 saturated carbocycles. The minimum atomic E-state index is -0.836. The van der Waals surface area contributed by atoms with Crippen molar-refractivity contribution in [1.82, 2.24) is 10.6 Å². The Morgan fingerprint density at radius 1 is 1.52 bits per heavy atom. The molecule has 2 unspecified atom stereocenters. The van der Waals surface area contributed by atoms with Crippen LogP contribution in [0.15, 0.2) is 18.2 Å². The Kier molecular flexibility index (Phi) is 4.64. The highest BCUT2D eigenvalue weighted by Gasteiger charge is 2.23. The molecule has 0 fully saturated rings. The van der Waals surface area contributed by atoms with Gasteiger partial charge in [-0.1, -0.05) is 0 Å². The molecule has 0 aliphatic carbocycles. The maximum atomic E-state index is 11.8. The predicted octanol–water partition coefficient (Wildman–Crippen LogP) is 0.725. The molecule has 1 aliphatic heterocycles. The summed E-state index contributed by atoms with van der Waals surface area (Å²) >= 11 is 0. The summed E-state index contributed by atoms with van der Waals surface area (Å²) in [6.45, 7) is 3.94. The first-order valence-electron chi connectivity index (χ1n) is 6.71. The Morgan fingerprint density at radius 2 is 2.29 bits per heavy atom. The Bertz CT molecular complexity index is 546. The number of aliphatic hydroxyl groups excluding tert-OH is 1. The van der Waals surface area contributed by atoms with Crippen LogP contribution in [0.25, 0.3) is 0 Å². The van der Waals surface area contributed by atoms with E-state index in [9.17, 15) is 14.7 Å². The number of carbonyl (C=O) groups excluding carboxylic acids is 2. The van der Waals surface area contributed by atoms with Crippen molar-refractivity contribution < 1.29 is 24.2 Å². The number of nitrogens with one attached hydrogen (secondary N) is 2. The molecule has 3 N–H and O–H groups in total. The summed E-state index contributed by atoms with van der Waals surface area (Å²) in [5.41, 5.74) is 0.696. The van der Waals surface area contributed by atoms with Gasteiger partial charge in [-0.3, -0.25) is 10.1 Å². The van der Waals surface area contributed by atoms with E-state index < -0.39 is 24.1 Å². The lowest BCUT2D eigenvalue weighted by molar-refractivity contribution is -0.126. The number of carbonyl (C=O) groups is 2. The van der Waals surface area contributed by atoms with Crippen LogP contribution in [0.2, 0.25) is 0 Å². The third kappa shape index (κ3) is 3.63. The zero-order valence-electron chi connectivity index (χ0n) is 11.9. The summed E-state index contributed by atoms with van der Waals surface area (Å²) in [4.78, 5) is 23.0. The van der Waals surface area contributed by atoms with Gasteiger partial charge in [0.25, 0.3) is 5.91 Å². The average Bonchev–Trinajstić information content (AvgIpc) is 2.80. The summed E-state index contributed by atoms with van der Waals surface area (Å²) in [6.07, 6.45) is -1.47. The van der Waals surface area contributed by atoms with E-state index in [2.05, 4.69) is 10.6 Å². The minimum Gasteiger partial charge on any atom is -0.490 e. The number of imide groups is 1. The molecular weight excluding hydrogens is 276 g/mol. The number of amides is 3. The molecule has 3 amide bonds. The van der Waals surface area contributed by atoms with Gasteiger partial charge < -0.3 is 19.9 Å². The standard InChI is InChI=1S/C14H18N2O5/c1-3-15-14(19)16-13(18)8(2)21-9-4-5-10-11(17)7-20-12(10)6-9/h4-6,8,11,17H,3,7H2,1-2H3,(H2,15,16,18,19). The van der Waals surface area contributed by atoms with Crippen molar-refractivity contribution in [2.45, 2.75) is 26.1 Å². The topological polar surface area (TPSA) is 96.9 Å². The van der Waals surface area contributed by atoms with Crippen LogP contribution >= 0.6 is 0 Å². The van der Waals surface area contributed by atoms with Crippen LogP contribution in [-0.4, -0.2) is 36.3 Å². The molecule has 1 heterocycles. The monoisotopic (exact) mass is 294 g/mol. The Labute approximate surface area is 122 Å². The first kappa shape index (κ1) is 15.1. The number of aliphatic hydroxyl groups is 1. The lowest BCUT2D eigenvalue weighted by atomic mass is 10.1. The molecule has 1 aliphatic rings. The van der Waals surface area contributed by atoms with Gasteiger partial charge in [0.2, 0.25) is 0 Å². The van der Waals surface area contributed by atoms with Crippen molar-refractivity contribution in [2.75, 3.05) is 13.2 Å².